The summed E-state index contributed by atoms with van der Waals surface area (Å²) >= 11 is 0. The average Bonchev–Trinajstić information content (AvgIpc) is 3.08. The van der Waals surface area contributed by atoms with Gasteiger partial charge in [0.15, 0.2) is 5.76 Å². The van der Waals surface area contributed by atoms with E-state index in [4.69, 9.17) is 4.42 Å². The van der Waals surface area contributed by atoms with E-state index in [1.54, 1.807) is 6.26 Å². The first-order chi connectivity index (χ1) is 9.75. The summed E-state index contributed by atoms with van der Waals surface area (Å²) in [7, 11) is 0. The maximum absolute atomic E-state index is 12.6. The smallest absolute Gasteiger partial charge is 0.290 e. The number of aryl methyl sites for hydroxylation is 1. The molecule has 1 fully saturated rings. The van der Waals surface area contributed by atoms with Gasteiger partial charge >= 0.3 is 0 Å². The topological polar surface area (TPSA) is 33.5 Å². The van der Waals surface area contributed by atoms with E-state index >= 15 is 0 Å². The van der Waals surface area contributed by atoms with Gasteiger partial charge in [-0.2, -0.15) is 0 Å². The number of nitrogens with zero attached hydrogens (tertiary/aromatic N) is 1. The predicted octanol–water partition coefficient (Wildman–Crippen LogP) is 3.44. The first-order valence-corrected chi connectivity index (χ1v) is 7.14. The second-order valence-electron chi connectivity index (χ2n) is 5.42. The number of likely N-dealkylation sites (tertiary alicyclic amines) is 1. The molecule has 1 aliphatic heterocycles. The van der Waals surface area contributed by atoms with Gasteiger partial charge in [0, 0.05) is 18.2 Å². The maximum Gasteiger partial charge on any atom is 0.290 e. The van der Waals surface area contributed by atoms with Crippen molar-refractivity contribution >= 4 is 5.91 Å². The third-order valence-electron chi connectivity index (χ3n) is 4.01. The highest BCUT2D eigenvalue weighted by molar-refractivity contribution is 5.93. The third-order valence-corrected chi connectivity index (χ3v) is 4.01. The van der Waals surface area contributed by atoms with Gasteiger partial charge in [-0.3, -0.25) is 4.79 Å². The first kappa shape index (κ1) is 13.0. The largest absolute Gasteiger partial charge is 0.459 e. The van der Waals surface area contributed by atoms with Crippen LogP contribution in [0.15, 0.2) is 47.1 Å². The van der Waals surface area contributed by atoms with Crippen LogP contribution in [0.4, 0.5) is 0 Å². The molecule has 0 aliphatic carbocycles. The molecule has 1 aliphatic rings. The van der Waals surface area contributed by atoms with Crippen LogP contribution in [0.5, 0.6) is 0 Å². The maximum atomic E-state index is 12.6. The molecule has 3 nitrogen and oxygen atoms in total. The minimum atomic E-state index is 0.0333. The summed E-state index contributed by atoms with van der Waals surface area (Å²) in [6.07, 6.45) is 4.65. The van der Waals surface area contributed by atoms with Crippen LogP contribution in [0.1, 0.15) is 34.5 Å². The van der Waals surface area contributed by atoms with Gasteiger partial charge in [0.1, 0.15) is 0 Å². The second-order valence-corrected chi connectivity index (χ2v) is 5.42. The average molecular weight is 269 g/mol. The summed E-state index contributed by atoms with van der Waals surface area (Å²) < 4.78 is 5.35. The highest BCUT2D eigenvalue weighted by atomic mass is 16.3. The summed E-state index contributed by atoms with van der Waals surface area (Å²) in [4.78, 5) is 14.5. The summed E-state index contributed by atoms with van der Waals surface area (Å²) in [5, 5.41) is 0. The second kappa shape index (κ2) is 5.53. The van der Waals surface area contributed by atoms with E-state index in [2.05, 4.69) is 12.1 Å². The minimum Gasteiger partial charge on any atom is -0.459 e. The molecule has 20 heavy (non-hydrogen) atoms. The van der Waals surface area contributed by atoms with Crippen molar-refractivity contribution in [2.24, 2.45) is 0 Å². The Balaban J connectivity index is 1.76. The van der Waals surface area contributed by atoms with Crippen LogP contribution in [0.25, 0.3) is 0 Å². The van der Waals surface area contributed by atoms with Crippen molar-refractivity contribution in [1.82, 2.24) is 4.90 Å². The number of hydrogen-bond donors (Lipinski definition) is 0. The van der Waals surface area contributed by atoms with Gasteiger partial charge < -0.3 is 9.32 Å². The number of benzene rings is 1. The summed E-state index contributed by atoms with van der Waals surface area (Å²) in [6.45, 7) is 2.75. The lowest BCUT2D eigenvalue weighted by Gasteiger charge is -2.24. The third kappa shape index (κ3) is 2.48. The molecule has 3 heteroatoms. The SMILES string of the molecule is Cc1ccoc1C(=O)N1CCCC1Cc1ccccc1. The quantitative estimate of drug-likeness (QED) is 0.855. The van der Waals surface area contributed by atoms with E-state index in [-0.39, 0.29) is 11.9 Å². The van der Waals surface area contributed by atoms with E-state index in [0.29, 0.717) is 5.76 Å². The fraction of sp³-hybridized carbons (Fsp3) is 0.353. The molecule has 1 unspecified atom stereocenters. The van der Waals surface area contributed by atoms with Crippen LogP contribution < -0.4 is 0 Å². The van der Waals surface area contributed by atoms with Gasteiger partial charge in [0.2, 0.25) is 0 Å². The van der Waals surface area contributed by atoms with Gasteiger partial charge in [-0.25, -0.2) is 0 Å². The molecular weight excluding hydrogens is 250 g/mol. The Hall–Kier alpha value is -2.03. The summed E-state index contributed by atoms with van der Waals surface area (Å²) in [6, 6.07) is 12.5. The van der Waals surface area contributed by atoms with Crippen LogP contribution in [0.3, 0.4) is 0 Å². The van der Waals surface area contributed by atoms with E-state index < -0.39 is 0 Å². The molecule has 0 N–H and O–H groups in total. The molecule has 2 aromatic rings. The lowest BCUT2D eigenvalue weighted by atomic mass is 10.0. The fourth-order valence-electron chi connectivity index (χ4n) is 2.92. The molecule has 1 aromatic carbocycles. The molecule has 2 heterocycles. The number of carbonyl (C=O) groups excluding carboxylic acids is 1. The molecule has 0 bridgehead atoms. The van der Waals surface area contributed by atoms with E-state index in [1.165, 1.54) is 5.56 Å². The fourth-order valence-corrected chi connectivity index (χ4v) is 2.92. The highest BCUT2D eigenvalue weighted by Gasteiger charge is 2.31. The molecule has 1 saturated heterocycles. The Morgan fingerprint density at radius 2 is 2.10 bits per heavy atom. The van der Waals surface area contributed by atoms with Crippen LogP contribution in [0, 0.1) is 6.92 Å². The Kier molecular flexibility index (Phi) is 3.59. The zero-order chi connectivity index (χ0) is 13.9. The highest BCUT2D eigenvalue weighted by Crippen LogP contribution is 2.24. The molecule has 1 atom stereocenters. The van der Waals surface area contributed by atoms with E-state index in [0.717, 1.165) is 31.4 Å². The molecule has 1 amide bonds. The van der Waals surface area contributed by atoms with Crippen LogP contribution >= 0.6 is 0 Å². The number of carbonyl (C=O) groups is 1. The number of furan rings is 1. The molecule has 1 aromatic heterocycles. The Morgan fingerprint density at radius 1 is 1.30 bits per heavy atom. The van der Waals surface area contributed by atoms with Crippen molar-refractivity contribution in [3.8, 4) is 0 Å². The van der Waals surface area contributed by atoms with Crippen molar-refractivity contribution in [2.75, 3.05) is 6.54 Å². The Morgan fingerprint density at radius 3 is 2.80 bits per heavy atom. The van der Waals surface area contributed by atoms with Crippen LogP contribution in [-0.2, 0) is 6.42 Å². The van der Waals surface area contributed by atoms with Gasteiger partial charge in [0.25, 0.3) is 5.91 Å². The molecule has 0 spiro atoms. The van der Waals surface area contributed by atoms with Crippen molar-refractivity contribution < 1.29 is 9.21 Å². The number of rotatable bonds is 3. The van der Waals surface area contributed by atoms with Crippen molar-refractivity contribution in [3.63, 3.8) is 0 Å². The van der Waals surface area contributed by atoms with E-state index in [1.807, 2.05) is 36.1 Å². The predicted molar refractivity (Wildman–Crippen MR) is 77.6 cm³/mol. The summed E-state index contributed by atoms with van der Waals surface area (Å²) in [5.74, 6) is 0.524. The van der Waals surface area contributed by atoms with Crippen molar-refractivity contribution in [3.05, 3.63) is 59.5 Å². The van der Waals surface area contributed by atoms with Gasteiger partial charge in [-0.05, 0) is 37.8 Å². The monoisotopic (exact) mass is 269 g/mol. The van der Waals surface area contributed by atoms with E-state index in [9.17, 15) is 4.79 Å². The van der Waals surface area contributed by atoms with Gasteiger partial charge in [-0.15, -0.1) is 0 Å². The Labute approximate surface area is 119 Å². The zero-order valence-electron chi connectivity index (χ0n) is 11.7. The zero-order valence-corrected chi connectivity index (χ0v) is 11.7. The van der Waals surface area contributed by atoms with Crippen molar-refractivity contribution in [2.45, 2.75) is 32.2 Å². The van der Waals surface area contributed by atoms with Gasteiger partial charge in [-0.1, -0.05) is 30.3 Å². The molecule has 3 rings (SSSR count). The normalized spacial score (nSPS) is 18.4. The van der Waals surface area contributed by atoms with Gasteiger partial charge in [0.05, 0.1) is 6.26 Å². The Bertz CT molecular complexity index is 588. The molecular formula is C17H19NO2. The molecule has 0 radical (unpaired) electrons. The minimum absolute atomic E-state index is 0.0333. The lowest BCUT2D eigenvalue weighted by Crippen LogP contribution is -2.36. The van der Waals surface area contributed by atoms with Crippen LogP contribution in [-0.4, -0.2) is 23.4 Å². The molecule has 104 valence electrons. The lowest BCUT2D eigenvalue weighted by molar-refractivity contribution is 0.0703. The standard InChI is InChI=1S/C17H19NO2/c1-13-9-11-20-16(13)17(19)18-10-5-8-15(18)12-14-6-3-2-4-7-14/h2-4,6-7,9,11,15H,5,8,10,12H2,1H3. The number of amides is 1. The number of hydrogen-bond acceptors (Lipinski definition) is 2. The van der Waals surface area contributed by atoms with Crippen molar-refractivity contribution in [1.29, 1.82) is 0 Å². The summed E-state index contributed by atoms with van der Waals surface area (Å²) in [5.41, 5.74) is 2.20. The first-order valence-electron chi connectivity index (χ1n) is 7.14. The van der Waals surface area contributed by atoms with Crippen LogP contribution in [0.2, 0.25) is 0 Å². The molecule has 0 saturated carbocycles.